The largest absolute Gasteiger partial charge is 0.441 e. The summed E-state index contributed by atoms with van der Waals surface area (Å²) in [6, 6.07) is 17.7. The lowest BCUT2D eigenvalue weighted by Crippen LogP contribution is -2.22. The van der Waals surface area contributed by atoms with Gasteiger partial charge >= 0.3 is 0 Å². The van der Waals surface area contributed by atoms with Gasteiger partial charge in [0, 0.05) is 29.4 Å². The molecular weight excluding hydrogens is 368 g/mol. The molecule has 122 valence electrons. The first-order valence-electron chi connectivity index (χ1n) is 7.72. The molecule has 1 amide bonds. The van der Waals surface area contributed by atoms with E-state index in [1.807, 2.05) is 54.6 Å². The van der Waals surface area contributed by atoms with Crippen molar-refractivity contribution in [3.63, 3.8) is 0 Å². The molecule has 0 bridgehead atoms. The molecule has 24 heavy (non-hydrogen) atoms. The molecule has 0 aliphatic carbocycles. The highest BCUT2D eigenvalue weighted by Gasteiger charge is 2.09. The van der Waals surface area contributed by atoms with Gasteiger partial charge in [-0.1, -0.05) is 58.4 Å². The Labute approximate surface area is 149 Å². The van der Waals surface area contributed by atoms with Crippen LogP contribution in [0.5, 0.6) is 0 Å². The predicted molar refractivity (Wildman–Crippen MR) is 96.2 cm³/mol. The molecule has 1 aromatic heterocycles. The lowest BCUT2D eigenvalue weighted by atomic mass is 10.2. The number of benzene rings is 2. The van der Waals surface area contributed by atoms with Crippen LogP contribution in [0.1, 0.15) is 17.9 Å². The number of rotatable bonds is 6. The van der Waals surface area contributed by atoms with Gasteiger partial charge < -0.3 is 9.73 Å². The van der Waals surface area contributed by atoms with Crippen molar-refractivity contribution in [1.29, 1.82) is 0 Å². The topological polar surface area (TPSA) is 55.1 Å². The molecule has 0 fully saturated rings. The molecule has 0 aliphatic heterocycles. The number of nitrogens with one attached hydrogen (secondary N) is 1. The second-order valence-electron chi connectivity index (χ2n) is 5.39. The number of aryl methyl sites for hydroxylation is 1. The predicted octanol–water partition coefficient (Wildman–Crippen LogP) is 4.35. The Kier molecular flexibility index (Phi) is 5.43. The van der Waals surface area contributed by atoms with E-state index in [0.717, 1.165) is 15.6 Å². The second-order valence-corrected chi connectivity index (χ2v) is 6.31. The van der Waals surface area contributed by atoms with Crippen molar-refractivity contribution in [3.8, 4) is 11.3 Å². The van der Waals surface area contributed by atoms with Crippen LogP contribution in [-0.2, 0) is 17.8 Å². The molecule has 2 aromatic carbocycles. The van der Waals surface area contributed by atoms with Crippen LogP contribution in [0, 0.1) is 0 Å². The molecule has 1 heterocycles. The second kappa shape index (κ2) is 7.93. The monoisotopic (exact) mass is 384 g/mol. The van der Waals surface area contributed by atoms with Crippen LogP contribution in [0.25, 0.3) is 11.3 Å². The van der Waals surface area contributed by atoms with Crippen molar-refractivity contribution < 1.29 is 9.21 Å². The van der Waals surface area contributed by atoms with Crippen molar-refractivity contribution in [2.45, 2.75) is 19.4 Å². The number of halogens is 1. The molecule has 4 nitrogen and oxygen atoms in total. The number of hydrogen-bond donors (Lipinski definition) is 1. The minimum absolute atomic E-state index is 0.0129. The molecule has 5 heteroatoms. The average molecular weight is 385 g/mol. The van der Waals surface area contributed by atoms with E-state index in [4.69, 9.17) is 4.42 Å². The number of carbonyl (C=O) groups is 1. The van der Waals surface area contributed by atoms with Crippen LogP contribution in [-0.4, -0.2) is 10.9 Å². The Morgan fingerprint density at radius 2 is 1.96 bits per heavy atom. The summed E-state index contributed by atoms with van der Waals surface area (Å²) in [7, 11) is 0. The zero-order valence-corrected chi connectivity index (χ0v) is 14.6. The lowest BCUT2D eigenvalue weighted by molar-refractivity contribution is -0.121. The average Bonchev–Trinajstić information content (AvgIpc) is 3.08. The molecule has 0 atom stereocenters. The third-order valence-electron chi connectivity index (χ3n) is 3.56. The Morgan fingerprint density at radius 1 is 1.12 bits per heavy atom. The van der Waals surface area contributed by atoms with Gasteiger partial charge in [-0.2, -0.15) is 0 Å². The number of nitrogens with zero attached hydrogens (tertiary/aromatic N) is 1. The molecule has 1 N–H and O–H groups in total. The summed E-state index contributed by atoms with van der Waals surface area (Å²) < 4.78 is 6.71. The maximum absolute atomic E-state index is 11.9. The number of hydrogen-bond acceptors (Lipinski definition) is 3. The van der Waals surface area contributed by atoms with Crippen LogP contribution in [0.2, 0.25) is 0 Å². The zero-order valence-electron chi connectivity index (χ0n) is 13.0. The van der Waals surface area contributed by atoms with Gasteiger partial charge in [-0.15, -0.1) is 0 Å². The molecule has 0 unspecified atom stereocenters. The summed E-state index contributed by atoms with van der Waals surface area (Å²) in [5.41, 5.74) is 2.04. The van der Waals surface area contributed by atoms with Gasteiger partial charge in [-0.3, -0.25) is 4.79 Å². The Bertz CT molecular complexity index is 815. The molecule has 0 aliphatic rings. The number of oxazole rings is 1. The first-order valence-corrected chi connectivity index (χ1v) is 8.51. The molecule has 0 spiro atoms. The summed E-state index contributed by atoms with van der Waals surface area (Å²) in [5, 5.41) is 2.90. The first kappa shape index (κ1) is 16.5. The SMILES string of the molecule is O=C(CCc1ncc(-c2cccc(Br)c2)o1)NCc1ccccc1. The molecule has 3 rings (SSSR count). The van der Waals surface area contributed by atoms with Gasteiger partial charge in [-0.25, -0.2) is 4.98 Å². The van der Waals surface area contributed by atoms with Gasteiger partial charge in [0.25, 0.3) is 0 Å². The van der Waals surface area contributed by atoms with E-state index in [0.29, 0.717) is 31.0 Å². The van der Waals surface area contributed by atoms with Crippen LogP contribution < -0.4 is 5.32 Å². The molecule has 0 radical (unpaired) electrons. The first-order chi connectivity index (χ1) is 11.7. The highest BCUT2D eigenvalue weighted by atomic mass is 79.9. The highest BCUT2D eigenvalue weighted by Crippen LogP contribution is 2.23. The number of aromatic nitrogens is 1. The van der Waals surface area contributed by atoms with E-state index in [2.05, 4.69) is 26.2 Å². The summed E-state index contributed by atoms with van der Waals surface area (Å²) in [5.74, 6) is 1.26. The van der Waals surface area contributed by atoms with Crippen LogP contribution in [0.4, 0.5) is 0 Å². The highest BCUT2D eigenvalue weighted by molar-refractivity contribution is 9.10. The fourth-order valence-corrected chi connectivity index (χ4v) is 2.71. The minimum Gasteiger partial charge on any atom is -0.441 e. The van der Waals surface area contributed by atoms with Crippen LogP contribution in [0.3, 0.4) is 0 Å². The molecule has 0 saturated heterocycles. The standard InChI is InChI=1S/C19H17BrN2O2/c20-16-8-4-7-15(11-16)17-13-22-19(24-17)10-9-18(23)21-12-14-5-2-1-3-6-14/h1-8,11,13H,9-10,12H2,(H,21,23). The van der Waals surface area contributed by atoms with Gasteiger partial charge in [-0.05, 0) is 17.7 Å². The molecule has 3 aromatic rings. The van der Waals surface area contributed by atoms with E-state index in [1.54, 1.807) is 6.20 Å². The Morgan fingerprint density at radius 3 is 2.75 bits per heavy atom. The van der Waals surface area contributed by atoms with Gasteiger partial charge in [0.15, 0.2) is 11.7 Å². The number of carbonyl (C=O) groups excluding carboxylic acids is 1. The minimum atomic E-state index is -0.0129. The maximum atomic E-state index is 11.9. The van der Waals surface area contributed by atoms with Crippen LogP contribution in [0.15, 0.2) is 69.7 Å². The van der Waals surface area contributed by atoms with Crippen molar-refractivity contribution in [2.75, 3.05) is 0 Å². The van der Waals surface area contributed by atoms with Gasteiger partial charge in [0.2, 0.25) is 5.91 Å². The third kappa shape index (κ3) is 4.55. The summed E-state index contributed by atoms with van der Waals surface area (Å²) in [6.45, 7) is 0.536. The fourth-order valence-electron chi connectivity index (χ4n) is 2.31. The van der Waals surface area contributed by atoms with Gasteiger partial charge in [0.05, 0.1) is 6.20 Å². The van der Waals surface area contributed by atoms with Crippen molar-refractivity contribution >= 4 is 21.8 Å². The maximum Gasteiger partial charge on any atom is 0.220 e. The third-order valence-corrected chi connectivity index (χ3v) is 4.05. The Hall–Kier alpha value is -2.40. The van der Waals surface area contributed by atoms with Crippen molar-refractivity contribution in [2.24, 2.45) is 0 Å². The quantitative estimate of drug-likeness (QED) is 0.686. The van der Waals surface area contributed by atoms with E-state index in [-0.39, 0.29) is 5.91 Å². The van der Waals surface area contributed by atoms with Crippen LogP contribution >= 0.6 is 15.9 Å². The van der Waals surface area contributed by atoms with Crippen molar-refractivity contribution in [3.05, 3.63) is 76.7 Å². The lowest BCUT2D eigenvalue weighted by Gasteiger charge is -2.04. The van der Waals surface area contributed by atoms with Crippen molar-refractivity contribution in [1.82, 2.24) is 10.3 Å². The normalized spacial score (nSPS) is 10.5. The molecule has 0 saturated carbocycles. The van der Waals surface area contributed by atoms with E-state index < -0.39 is 0 Å². The molecular formula is C19H17BrN2O2. The zero-order chi connectivity index (χ0) is 16.8. The van der Waals surface area contributed by atoms with E-state index in [9.17, 15) is 4.79 Å². The Balaban J connectivity index is 1.51. The summed E-state index contributed by atoms with van der Waals surface area (Å²) >= 11 is 3.44. The van der Waals surface area contributed by atoms with E-state index in [1.165, 1.54) is 0 Å². The summed E-state index contributed by atoms with van der Waals surface area (Å²) in [6.07, 6.45) is 2.53. The number of amides is 1. The fraction of sp³-hybridized carbons (Fsp3) is 0.158. The summed E-state index contributed by atoms with van der Waals surface area (Å²) in [4.78, 5) is 16.2. The van der Waals surface area contributed by atoms with Gasteiger partial charge in [0.1, 0.15) is 0 Å². The van der Waals surface area contributed by atoms with E-state index >= 15 is 0 Å². The smallest absolute Gasteiger partial charge is 0.220 e.